The van der Waals surface area contributed by atoms with E-state index in [0.717, 1.165) is 11.0 Å². The topological polar surface area (TPSA) is 40.5 Å². The molecule has 1 aliphatic heterocycles. The molecule has 0 fully saturated rings. The maximum Gasteiger partial charge on any atom is 0.418 e. The van der Waals surface area contributed by atoms with E-state index in [9.17, 15) is 23.1 Å². The quantitative estimate of drug-likeness (QED) is 0.909. The molecule has 0 radical (unpaired) electrons. The Morgan fingerprint density at radius 2 is 1.67 bits per heavy atom. The van der Waals surface area contributed by atoms with Crippen LogP contribution in [0.2, 0.25) is 0 Å². The molecule has 0 spiro atoms. The summed E-state index contributed by atoms with van der Waals surface area (Å²) in [6.45, 7) is 3.23. The highest BCUT2D eigenvalue weighted by atomic mass is 19.4. The van der Waals surface area contributed by atoms with Crippen molar-refractivity contribution in [1.82, 2.24) is 0 Å². The summed E-state index contributed by atoms with van der Waals surface area (Å²) < 4.78 is 40.3. The number of aliphatic hydroxyl groups is 1. The molecule has 0 saturated carbocycles. The van der Waals surface area contributed by atoms with E-state index in [-0.39, 0.29) is 16.8 Å². The predicted octanol–water partition coefficient (Wildman–Crippen LogP) is 3.70. The molecule has 0 aliphatic carbocycles. The smallest absolute Gasteiger partial charge is 0.372 e. The van der Waals surface area contributed by atoms with Gasteiger partial charge in [-0.25, -0.2) is 0 Å². The first kappa shape index (κ1) is 16.5. The van der Waals surface area contributed by atoms with Gasteiger partial charge in [0.05, 0.1) is 11.3 Å². The molecule has 3 nitrogen and oxygen atoms in total. The summed E-state index contributed by atoms with van der Waals surface area (Å²) in [6.07, 6.45) is -4.62. The third-order valence-corrected chi connectivity index (χ3v) is 4.21. The Bertz CT molecular complexity index is 787. The molecule has 1 unspecified atom stereocenters. The van der Waals surface area contributed by atoms with Crippen LogP contribution < -0.4 is 4.90 Å². The number of amides is 1. The number of alkyl halides is 3. The van der Waals surface area contributed by atoms with Gasteiger partial charge in [0.15, 0.2) is 5.60 Å². The van der Waals surface area contributed by atoms with Gasteiger partial charge in [-0.1, -0.05) is 42.5 Å². The van der Waals surface area contributed by atoms with Crippen LogP contribution in [0.25, 0.3) is 0 Å². The molecule has 6 heteroatoms. The number of carbonyl (C=O) groups is 1. The molecule has 126 valence electrons. The molecule has 2 aromatic carbocycles. The molecule has 0 aromatic heterocycles. The molecule has 3 rings (SSSR count). The molecular formula is C18H16F3NO2. The average Bonchev–Trinajstić information content (AvgIpc) is 2.76. The third kappa shape index (κ3) is 2.21. The third-order valence-electron chi connectivity index (χ3n) is 4.21. The van der Waals surface area contributed by atoms with Crippen LogP contribution in [0.5, 0.6) is 0 Å². The molecule has 0 saturated heterocycles. The van der Waals surface area contributed by atoms with Crippen molar-refractivity contribution in [3.05, 3.63) is 65.2 Å². The van der Waals surface area contributed by atoms with E-state index in [1.807, 2.05) is 0 Å². The minimum atomic E-state index is -4.62. The second-order valence-corrected chi connectivity index (χ2v) is 6.04. The predicted molar refractivity (Wildman–Crippen MR) is 83.5 cm³/mol. The van der Waals surface area contributed by atoms with Gasteiger partial charge in [-0.05, 0) is 25.5 Å². The standard InChI is InChI=1S/C18H16F3NO2/c1-11(2)22-15-13(9-6-10-14(15)18(19,20)21)17(24,16(22)23)12-7-4-3-5-8-12/h3-11,24H,1-2H3. The van der Waals surface area contributed by atoms with Gasteiger partial charge in [-0.2, -0.15) is 13.2 Å². The molecule has 1 amide bonds. The van der Waals surface area contributed by atoms with Crippen LogP contribution >= 0.6 is 0 Å². The van der Waals surface area contributed by atoms with Gasteiger partial charge in [0.1, 0.15) is 0 Å². The van der Waals surface area contributed by atoms with Crippen molar-refractivity contribution in [2.45, 2.75) is 31.7 Å². The fourth-order valence-electron chi connectivity index (χ4n) is 3.17. The van der Waals surface area contributed by atoms with Crippen LogP contribution in [-0.4, -0.2) is 17.1 Å². The molecule has 24 heavy (non-hydrogen) atoms. The molecule has 2 aromatic rings. The Labute approximate surface area is 137 Å². The van der Waals surface area contributed by atoms with Crippen molar-refractivity contribution in [3.8, 4) is 0 Å². The van der Waals surface area contributed by atoms with E-state index >= 15 is 0 Å². The van der Waals surface area contributed by atoms with Crippen LogP contribution in [0, 0.1) is 0 Å². The van der Waals surface area contributed by atoms with Crippen molar-refractivity contribution >= 4 is 11.6 Å². The second-order valence-electron chi connectivity index (χ2n) is 6.04. The normalized spacial score (nSPS) is 20.6. The highest BCUT2D eigenvalue weighted by Gasteiger charge is 2.54. The summed E-state index contributed by atoms with van der Waals surface area (Å²) in [4.78, 5) is 13.9. The molecule has 1 aliphatic rings. The lowest BCUT2D eigenvalue weighted by atomic mass is 9.87. The first-order chi connectivity index (χ1) is 11.2. The zero-order valence-electron chi connectivity index (χ0n) is 13.1. The summed E-state index contributed by atoms with van der Waals surface area (Å²) in [5, 5.41) is 11.1. The number of benzene rings is 2. The minimum Gasteiger partial charge on any atom is -0.372 e. The number of hydrogen-bond acceptors (Lipinski definition) is 2. The Morgan fingerprint density at radius 3 is 2.21 bits per heavy atom. The van der Waals surface area contributed by atoms with Crippen LogP contribution in [-0.2, 0) is 16.6 Å². The van der Waals surface area contributed by atoms with Gasteiger partial charge >= 0.3 is 6.18 Å². The maximum atomic E-state index is 13.4. The number of fused-ring (bicyclic) bond motifs is 1. The van der Waals surface area contributed by atoms with E-state index in [4.69, 9.17) is 0 Å². The van der Waals surface area contributed by atoms with Gasteiger partial charge in [0.25, 0.3) is 5.91 Å². The molecule has 1 heterocycles. The molecule has 1 atom stereocenters. The van der Waals surface area contributed by atoms with Crippen LogP contribution in [0.4, 0.5) is 18.9 Å². The average molecular weight is 335 g/mol. The van der Waals surface area contributed by atoms with E-state index < -0.39 is 29.3 Å². The van der Waals surface area contributed by atoms with Crippen molar-refractivity contribution in [1.29, 1.82) is 0 Å². The first-order valence-electron chi connectivity index (χ1n) is 7.51. The number of nitrogens with zero attached hydrogens (tertiary/aromatic N) is 1. The lowest BCUT2D eigenvalue weighted by Gasteiger charge is -2.26. The number of carbonyl (C=O) groups excluding carboxylic acids is 1. The van der Waals surface area contributed by atoms with Crippen molar-refractivity contribution < 1.29 is 23.1 Å². The van der Waals surface area contributed by atoms with Crippen molar-refractivity contribution in [2.75, 3.05) is 4.90 Å². The summed E-state index contributed by atoms with van der Waals surface area (Å²) in [6, 6.07) is 11.0. The van der Waals surface area contributed by atoms with Crippen LogP contribution in [0.15, 0.2) is 48.5 Å². The SMILES string of the molecule is CC(C)N1C(=O)C(O)(c2ccccc2)c2cccc(C(F)(F)F)c21. The summed E-state index contributed by atoms with van der Waals surface area (Å²) in [5.41, 5.74) is -3.10. The number of halogens is 3. The van der Waals surface area contributed by atoms with Gasteiger partial charge < -0.3 is 10.0 Å². The van der Waals surface area contributed by atoms with E-state index in [0.29, 0.717) is 0 Å². The Hall–Kier alpha value is -2.34. The summed E-state index contributed by atoms with van der Waals surface area (Å²) in [5.74, 6) is -0.768. The van der Waals surface area contributed by atoms with Crippen molar-refractivity contribution in [2.24, 2.45) is 0 Å². The molecule has 0 bridgehead atoms. The number of anilines is 1. The molecule has 1 N–H and O–H groups in total. The highest BCUT2D eigenvalue weighted by Crippen LogP contribution is 2.50. The maximum absolute atomic E-state index is 13.4. The van der Waals surface area contributed by atoms with Gasteiger partial charge in [0, 0.05) is 11.6 Å². The lowest BCUT2D eigenvalue weighted by molar-refractivity contribution is -0.137. The monoisotopic (exact) mass is 335 g/mol. The Morgan fingerprint density at radius 1 is 1.04 bits per heavy atom. The molecular weight excluding hydrogens is 319 g/mol. The summed E-state index contributed by atoms with van der Waals surface area (Å²) >= 11 is 0. The van der Waals surface area contributed by atoms with Crippen LogP contribution in [0.3, 0.4) is 0 Å². The highest BCUT2D eigenvalue weighted by molar-refractivity contribution is 6.10. The van der Waals surface area contributed by atoms with Crippen LogP contribution in [0.1, 0.15) is 30.5 Å². The second kappa shape index (κ2) is 5.34. The fourth-order valence-corrected chi connectivity index (χ4v) is 3.17. The van der Waals surface area contributed by atoms with Gasteiger partial charge in [-0.15, -0.1) is 0 Å². The Kier molecular flexibility index (Phi) is 3.68. The van der Waals surface area contributed by atoms with Crippen molar-refractivity contribution in [3.63, 3.8) is 0 Å². The number of para-hydroxylation sites is 1. The van der Waals surface area contributed by atoms with Gasteiger partial charge in [0.2, 0.25) is 0 Å². The largest absolute Gasteiger partial charge is 0.418 e. The van der Waals surface area contributed by atoms with E-state index in [1.54, 1.807) is 32.0 Å². The zero-order chi connectivity index (χ0) is 17.7. The number of rotatable bonds is 2. The number of hydrogen-bond donors (Lipinski definition) is 1. The van der Waals surface area contributed by atoms with E-state index in [2.05, 4.69) is 0 Å². The first-order valence-corrected chi connectivity index (χ1v) is 7.51. The zero-order valence-corrected chi connectivity index (χ0v) is 13.1. The summed E-state index contributed by atoms with van der Waals surface area (Å²) in [7, 11) is 0. The van der Waals surface area contributed by atoms with Gasteiger partial charge in [-0.3, -0.25) is 4.79 Å². The van der Waals surface area contributed by atoms with E-state index in [1.165, 1.54) is 24.3 Å². The Balaban J connectivity index is 2.35. The minimum absolute atomic E-state index is 0.0396. The fraction of sp³-hybridized carbons (Fsp3) is 0.278. The lowest BCUT2D eigenvalue weighted by Crippen LogP contribution is -2.44.